The molecule has 2 rings (SSSR count). The van der Waals surface area contributed by atoms with E-state index in [2.05, 4.69) is 5.32 Å². The molecule has 0 bridgehead atoms. The highest BCUT2D eigenvalue weighted by atomic mass is 32.2. The van der Waals surface area contributed by atoms with E-state index in [0.29, 0.717) is 4.90 Å². The van der Waals surface area contributed by atoms with Gasteiger partial charge >= 0.3 is 5.97 Å². The van der Waals surface area contributed by atoms with Crippen molar-refractivity contribution in [1.82, 2.24) is 0 Å². The van der Waals surface area contributed by atoms with Gasteiger partial charge in [-0.05, 0) is 30.3 Å². The first-order chi connectivity index (χ1) is 12.0. The average Bonchev–Trinajstić information content (AvgIpc) is 2.58. The van der Waals surface area contributed by atoms with Crippen molar-refractivity contribution in [2.24, 2.45) is 0 Å². The van der Waals surface area contributed by atoms with Crippen LogP contribution >= 0.6 is 11.8 Å². The summed E-state index contributed by atoms with van der Waals surface area (Å²) >= 11 is 1.15. The molecule has 0 aliphatic heterocycles. The summed E-state index contributed by atoms with van der Waals surface area (Å²) in [4.78, 5) is 23.6. The number of carbonyl (C=O) groups is 2. The third-order valence-corrected chi connectivity index (χ3v) is 3.97. The van der Waals surface area contributed by atoms with Gasteiger partial charge in [0.15, 0.2) is 18.2 Å². The van der Waals surface area contributed by atoms with Crippen LogP contribution in [0.5, 0.6) is 0 Å². The molecule has 0 saturated carbocycles. The van der Waals surface area contributed by atoms with Crippen molar-refractivity contribution in [2.75, 3.05) is 17.7 Å². The average molecular weight is 369 g/mol. The van der Waals surface area contributed by atoms with Gasteiger partial charge in [-0.15, -0.1) is 11.8 Å². The van der Waals surface area contributed by atoms with Crippen LogP contribution in [0.3, 0.4) is 0 Å². The predicted molar refractivity (Wildman–Crippen MR) is 87.7 cm³/mol. The van der Waals surface area contributed by atoms with Gasteiger partial charge in [-0.3, -0.25) is 9.59 Å². The fraction of sp³-hybridized carbons (Fsp3) is 0.176. The van der Waals surface area contributed by atoms with Crippen LogP contribution in [0.1, 0.15) is 6.42 Å². The number of halogens is 3. The van der Waals surface area contributed by atoms with Gasteiger partial charge in [-0.2, -0.15) is 0 Å². The Morgan fingerprint density at radius 3 is 2.48 bits per heavy atom. The number of nitrogens with one attached hydrogen (secondary N) is 1. The minimum absolute atomic E-state index is 0.00237. The van der Waals surface area contributed by atoms with Gasteiger partial charge in [-0.1, -0.05) is 12.1 Å². The molecule has 0 fully saturated rings. The lowest BCUT2D eigenvalue weighted by atomic mass is 10.3. The van der Waals surface area contributed by atoms with E-state index in [-0.39, 0.29) is 17.9 Å². The molecule has 0 saturated heterocycles. The molecule has 2 aromatic carbocycles. The fourth-order valence-corrected chi connectivity index (χ4v) is 2.64. The summed E-state index contributed by atoms with van der Waals surface area (Å²) in [6.45, 7) is -0.539. The third-order valence-electron chi connectivity index (χ3n) is 2.98. The van der Waals surface area contributed by atoms with Crippen molar-refractivity contribution in [3.8, 4) is 0 Å². The van der Waals surface area contributed by atoms with Gasteiger partial charge in [0.2, 0.25) is 0 Å². The molecule has 4 nitrogen and oxygen atoms in total. The van der Waals surface area contributed by atoms with Crippen LogP contribution in [-0.4, -0.2) is 24.2 Å². The zero-order valence-corrected chi connectivity index (χ0v) is 13.7. The van der Waals surface area contributed by atoms with E-state index in [9.17, 15) is 22.8 Å². The van der Waals surface area contributed by atoms with E-state index in [0.717, 1.165) is 23.9 Å². The van der Waals surface area contributed by atoms with Crippen LogP contribution in [0, 0.1) is 17.5 Å². The van der Waals surface area contributed by atoms with Gasteiger partial charge < -0.3 is 10.1 Å². The monoisotopic (exact) mass is 369 g/mol. The molecule has 0 atom stereocenters. The second-order valence-electron chi connectivity index (χ2n) is 4.86. The molecule has 25 heavy (non-hydrogen) atoms. The topological polar surface area (TPSA) is 55.4 Å². The Kier molecular flexibility index (Phi) is 6.88. The van der Waals surface area contributed by atoms with E-state index in [4.69, 9.17) is 4.74 Å². The Morgan fingerprint density at radius 1 is 1.00 bits per heavy atom. The SMILES string of the molecule is O=C(COC(=O)CCSc1ccc(F)c(F)c1)Nc1ccccc1F. The number of benzene rings is 2. The Hall–Kier alpha value is -2.48. The molecular weight excluding hydrogens is 355 g/mol. The molecule has 0 heterocycles. The number of hydrogen-bond acceptors (Lipinski definition) is 4. The number of esters is 1. The lowest BCUT2D eigenvalue weighted by Crippen LogP contribution is -2.21. The fourth-order valence-electron chi connectivity index (χ4n) is 1.79. The number of anilines is 1. The standard InChI is InChI=1S/C17H14F3NO3S/c18-12-6-5-11(9-14(12)20)25-8-7-17(23)24-10-16(22)21-15-4-2-1-3-13(15)19/h1-6,9H,7-8,10H2,(H,21,22). The maximum absolute atomic E-state index is 13.4. The zero-order valence-electron chi connectivity index (χ0n) is 12.9. The van der Waals surface area contributed by atoms with Gasteiger partial charge in [0, 0.05) is 10.6 Å². The summed E-state index contributed by atoms with van der Waals surface area (Å²) in [6.07, 6.45) is -0.0172. The Bertz CT molecular complexity index is 771. The number of para-hydroxylation sites is 1. The van der Waals surface area contributed by atoms with Crippen LogP contribution in [-0.2, 0) is 14.3 Å². The highest BCUT2D eigenvalue weighted by Gasteiger charge is 2.10. The van der Waals surface area contributed by atoms with Crippen LogP contribution in [0.4, 0.5) is 18.9 Å². The summed E-state index contributed by atoms with van der Waals surface area (Å²) in [5.74, 6) is -3.50. The first-order valence-electron chi connectivity index (χ1n) is 7.23. The van der Waals surface area contributed by atoms with Gasteiger partial charge in [0.25, 0.3) is 5.91 Å². The summed E-state index contributed by atoms with van der Waals surface area (Å²) in [5, 5.41) is 2.29. The predicted octanol–water partition coefficient (Wildman–Crippen LogP) is 3.77. The molecule has 0 unspecified atom stereocenters. The van der Waals surface area contributed by atoms with E-state index >= 15 is 0 Å². The number of ether oxygens (including phenoxy) is 1. The van der Waals surface area contributed by atoms with Crippen molar-refractivity contribution < 1.29 is 27.5 Å². The van der Waals surface area contributed by atoms with Crippen molar-refractivity contribution in [3.63, 3.8) is 0 Å². The van der Waals surface area contributed by atoms with Gasteiger partial charge in [0.1, 0.15) is 5.82 Å². The number of carbonyl (C=O) groups excluding carboxylic acids is 2. The van der Waals surface area contributed by atoms with Crippen molar-refractivity contribution >= 4 is 29.3 Å². The molecule has 0 aliphatic carbocycles. The Morgan fingerprint density at radius 2 is 1.76 bits per heavy atom. The zero-order chi connectivity index (χ0) is 18.2. The van der Waals surface area contributed by atoms with Crippen molar-refractivity contribution in [2.45, 2.75) is 11.3 Å². The third kappa shape index (κ3) is 6.15. The van der Waals surface area contributed by atoms with Gasteiger partial charge in [0.05, 0.1) is 12.1 Å². The summed E-state index contributed by atoms with van der Waals surface area (Å²) in [6, 6.07) is 9.05. The highest BCUT2D eigenvalue weighted by molar-refractivity contribution is 7.99. The molecule has 8 heteroatoms. The van der Waals surface area contributed by atoms with Crippen molar-refractivity contribution in [1.29, 1.82) is 0 Å². The molecule has 2 aromatic rings. The van der Waals surface area contributed by atoms with Crippen molar-refractivity contribution in [3.05, 3.63) is 59.9 Å². The smallest absolute Gasteiger partial charge is 0.307 e. The second kappa shape index (κ2) is 9.12. The molecule has 132 valence electrons. The second-order valence-corrected chi connectivity index (χ2v) is 6.03. The molecule has 1 N–H and O–H groups in total. The number of rotatable bonds is 7. The quantitative estimate of drug-likeness (QED) is 0.596. The number of amides is 1. The molecule has 0 radical (unpaired) electrons. The molecule has 0 spiro atoms. The van der Waals surface area contributed by atoms with E-state index in [1.54, 1.807) is 6.07 Å². The maximum atomic E-state index is 13.4. The van der Waals surface area contributed by atoms with Crippen LogP contribution < -0.4 is 5.32 Å². The first-order valence-corrected chi connectivity index (χ1v) is 8.22. The number of hydrogen-bond donors (Lipinski definition) is 1. The molecular formula is C17H14F3NO3S. The summed E-state index contributed by atoms with van der Waals surface area (Å²) in [7, 11) is 0. The Labute approximate surface area is 146 Å². The minimum atomic E-state index is -0.961. The molecule has 1 amide bonds. The first kappa shape index (κ1) is 18.9. The van der Waals surface area contributed by atoms with E-state index in [1.807, 2.05) is 0 Å². The normalized spacial score (nSPS) is 10.4. The lowest BCUT2D eigenvalue weighted by molar-refractivity contribution is -0.146. The molecule has 0 aliphatic rings. The van der Waals surface area contributed by atoms with Crippen LogP contribution in [0.25, 0.3) is 0 Å². The summed E-state index contributed by atoms with van der Waals surface area (Å²) in [5.41, 5.74) is -0.00237. The van der Waals surface area contributed by atoms with E-state index < -0.39 is 35.9 Å². The lowest BCUT2D eigenvalue weighted by Gasteiger charge is -2.07. The van der Waals surface area contributed by atoms with E-state index in [1.165, 1.54) is 24.3 Å². The molecule has 0 aromatic heterocycles. The summed E-state index contributed by atoms with van der Waals surface area (Å²) < 4.78 is 43.9. The highest BCUT2D eigenvalue weighted by Crippen LogP contribution is 2.21. The van der Waals surface area contributed by atoms with Crippen LogP contribution in [0.2, 0.25) is 0 Å². The van der Waals surface area contributed by atoms with Crippen LogP contribution in [0.15, 0.2) is 47.4 Å². The van der Waals surface area contributed by atoms with Gasteiger partial charge in [-0.25, -0.2) is 13.2 Å². The number of thioether (sulfide) groups is 1. The Balaban J connectivity index is 1.69. The minimum Gasteiger partial charge on any atom is -0.456 e. The largest absolute Gasteiger partial charge is 0.456 e. The maximum Gasteiger partial charge on any atom is 0.307 e.